The summed E-state index contributed by atoms with van der Waals surface area (Å²) in [6.45, 7) is 4.88. The molecule has 0 atom stereocenters. The van der Waals surface area contributed by atoms with Gasteiger partial charge in [0.05, 0.1) is 0 Å². The SMILES string of the molecule is COCC1CCN(C(=O)C(C)(C)C(=O)O)CC1. The first-order valence-electron chi connectivity index (χ1n) is 5.91. The number of hydrogen-bond acceptors (Lipinski definition) is 3. The summed E-state index contributed by atoms with van der Waals surface area (Å²) in [5.41, 5.74) is -1.33. The minimum atomic E-state index is -1.33. The minimum Gasteiger partial charge on any atom is -0.480 e. The third kappa shape index (κ3) is 3.19. The van der Waals surface area contributed by atoms with Crippen molar-refractivity contribution >= 4 is 11.9 Å². The van der Waals surface area contributed by atoms with E-state index in [1.54, 1.807) is 12.0 Å². The average molecular weight is 243 g/mol. The topological polar surface area (TPSA) is 66.8 Å². The molecule has 0 saturated carbocycles. The highest BCUT2D eigenvalue weighted by molar-refractivity contribution is 6.00. The van der Waals surface area contributed by atoms with Crippen LogP contribution in [0.25, 0.3) is 0 Å². The second kappa shape index (κ2) is 5.49. The number of hydrogen-bond donors (Lipinski definition) is 1. The zero-order valence-electron chi connectivity index (χ0n) is 10.7. The van der Waals surface area contributed by atoms with Crippen LogP contribution in [0.3, 0.4) is 0 Å². The summed E-state index contributed by atoms with van der Waals surface area (Å²) in [6, 6.07) is 0. The highest BCUT2D eigenvalue weighted by Gasteiger charge is 2.40. The van der Waals surface area contributed by atoms with Crippen molar-refractivity contribution in [3.8, 4) is 0 Å². The molecule has 0 aromatic rings. The number of aliphatic carboxylic acids is 1. The fourth-order valence-electron chi connectivity index (χ4n) is 2.03. The van der Waals surface area contributed by atoms with E-state index in [1.807, 2.05) is 0 Å². The average Bonchev–Trinajstić information content (AvgIpc) is 2.29. The van der Waals surface area contributed by atoms with Crippen molar-refractivity contribution < 1.29 is 19.4 Å². The lowest BCUT2D eigenvalue weighted by Crippen LogP contribution is -2.48. The summed E-state index contributed by atoms with van der Waals surface area (Å²) in [5, 5.41) is 9.01. The molecule has 98 valence electrons. The van der Waals surface area contributed by atoms with Crippen LogP contribution in [0.15, 0.2) is 0 Å². The van der Waals surface area contributed by atoms with E-state index in [1.165, 1.54) is 13.8 Å². The van der Waals surface area contributed by atoms with Crippen molar-refractivity contribution in [1.29, 1.82) is 0 Å². The molecule has 0 aliphatic carbocycles. The highest BCUT2D eigenvalue weighted by Crippen LogP contribution is 2.24. The third-order valence-electron chi connectivity index (χ3n) is 3.37. The largest absolute Gasteiger partial charge is 0.480 e. The minimum absolute atomic E-state index is 0.291. The maximum Gasteiger partial charge on any atom is 0.318 e. The molecule has 1 N–H and O–H groups in total. The monoisotopic (exact) mass is 243 g/mol. The van der Waals surface area contributed by atoms with Gasteiger partial charge in [0.25, 0.3) is 0 Å². The number of carboxylic acids is 1. The fourth-order valence-corrected chi connectivity index (χ4v) is 2.03. The van der Waals surface area contributed by atoms with Crippen LogP contribution in [-0.2, 0) is 14.3 Å². The molecule has 1 aliphatic rings. The second-order valence-electron chi connectivity index (χ2n) is 5.12. The van der Waals surface area contributed by atoms with Crippen molar-refractivity contribution in [3.63, 3.8) is 0 Å². The predicted octanol–water partition coefficient (Wildman–Crippen LogP) is 0.982. The van der Waals surface area contributed by atoms with Gasteiger partial charge in [-0.15, -0.1) is 0 Å². The Balaban J connectivity index is 2.54. The normalized spacial score (nSPS) is 18.2. The molecule has 5 nitrogen and oxygen atoms in total. The number of likely N-dealkylation sites (tertiary alicyclic amines) is 1. The standard InChI is InChI=1S/C12H21NO4/c1-12(2,11(15)16)10(14)13-6-4-9(5-7-13)8-17-3/h9H,4-8H2,1-3H3,(H,15,16). The van der Waals surface area contributed by atoms with Crippen LogP contribution in [0.1, 0.15) is 26.7 Å². The Morgan fingerprint density at radius 3 is 2.29 bits per heavy atom. The summed E-state index contributed by atoms with van der Waals surface area (Å²) in [5.74, 6) is -0.876. The van der Waals surface area contributed by atoms with Gasteiger partial charge in [-0.25, -0.2) is 0 Å². The van der Waals surface area contributed by atoms with E-state index in [-0.39, 0.29) is 5.91 Å². The summed E-state index contributed by atoms with van der Waals surface area (Å²) in [4.78, 5) is 24.7. The Labute approximate surface area is 102 Å². The fraction of sp³-hybridized carbons (Fsp3) is 0.833. The lowest BCUT2D eigenvalue weighted by Gasteiger charge is -2.35. The Morgan fingerprint density at radius 2 is 1.88 bits per heavy atom. The maximum atomic E-state index is 12.0. The molecule has 1 heterocycles. The van der Waals surface area contributed by atoms with Gasteiger partial charge in [0.15, 0.2) is 0 Å². The molecule has 1 rings (SSSR count). The van der Waals surface area contributed by atoms with Crippen molar-refractivity contribution in [3.05, 3.63) is 0 Å². The lowest BCUT2D eigenvalue weighted by atomic mass is 9.89. The van der Waals surface area contributed by atoms with Crippen LogP contribution < -0.4 is 0 Å². The molecule has 0 unspecified atom stereocenters. The number of carboxylic acid groups (broad SMARTS) is 1. The number of piperidine rings is 1. The van der Waals surface area contributed by atoms with E-state index in [2.05, 4.69) is 0 Å². The van der Waals surface area contributed by atoms with Gasteiger partial charge in [-0.1, -0.05) is 0 Å². The Hall–Kier alpha value is -1.10. The van der Waals surface area contributed by atoms with Crippen molar-refractivity contribution in [2.45, 2.75) is 26.7 Å². The quantitative estimate of drug-likeness (QED) is 0.747. The first-order chi connectivity index (χ1) is 7.89. The maximum absolute atomic E-state index is 12.0. The molecule has 1 amide bonds. The predicted molar refractivity (Wildman–Crippen MR) is 62.6 cm³/mol. The van der Waals surface area contributed by atoms with E-state index >= 15 is 0 Å². The lowest BCUT2D eigenvalue weighted by molar-refractivity contribution is -0.159. The van der Waals surface area contributed by atoms with Gasteiger partial charge in [-0.3, -0.25) is 9.59 Å². The summed E-state index contributed by atoms with van der Waals surface area (Å²) in [7, 11) is 1.67. The zero-order chi connectivity index (χ0) is 13.1. The van der Waals surface area contributed by atoms with Crippen LogP contribution in [0.2, 0.25) is 0 Å². The Bertz CT molecular complexity index is 293. The molecule has 1 fully saturated rings. The van der Waals surface area contributed by atoms with E-state index < -0.39 is 11.4 Å². The molecule has 0 aromatic carbocycles. The number of nitrogens with zero attached hydrogens (tertiary/aromatic N) is 1. The van der Waals surface area contributed by atoms with Crippen LogP contribution in [0, 0.1) is 11.3 Å². The van der Waals surface area contributed by atoms with Gasteiger partial charge in [-0.2, -0.15) is 0 Å². The molecule has 0 aromatic heterocycles. The van der Waals surface area contributed by atoms with Gasteiger partial charge in [0, 0.05) is 26.8 Å². The van der Waals surface area contributed by atoms with Crippen LogP contribution in [0.4, 0.5) is 0 Å². The Kier molecular flexibility index (Phi) is 4.51. The summed E-state index contributed by atoms with van der Waals surface area (Å²) >= 11 is 0. The molecule has 5 heteroatoms. The zero-order valence-corrected chi connectivity index (χ0v) is 10.7. The molecule has 1 saturated heterocycles. The third-order valence-corrected chi connectivity index (χ3v) is 3.37. The molecular formula is C12H21NO4. The van der Waals surface area contributed by atoms with Gasteiger partial charge >= 0.3 is 5.97 Å². The van der Waals surface area contributed by atoms with Crippen LogP contribution in [-0.4, -0.2) is 48.7 Å². The van der Waals surface area contributed by atoms with Gasteiger partial charge in [0.1, 0.15) is 5.41 Å². The van der Waals surface area contributed by atoms with Crippen LogP contribution in [0.5, 0.6) is 0 Å². The van der Waals surface area contributed by atoms with Crippen LogP contribution >= 0.6 is 0 Å². The highest BCUT2D eigenvalue weighted by atomic mass is 16.5. The Morgan fingerprint density at radius 1 is 1.35 bits per heavy atom. The number of rotatable bonds is 4. The van der Waals surface area contributed by atoms with Crippen molar-refractivity contribution in [1.82, 2.24) is 4.90 Å². The number of methoxy groups -OCH3 is 1. The van der Waals surface area contributed by atoms with Crippen molar-refractivity contribution in [2.24, 2.45) is 11.3 Å². The van der Waals surface area contributed by atoms with Gasteiger partial charge < -0.3 is 14.7 Å². The molecule has 17 heavy (non-hydrogen) atoms. The number of amides is 1. The van der Waals surface area contributed by atoms with E-state index in [4.69, 9.17) is 9.84 Å². The molecule has 0 radical (unpaired) electrons. The molecule has 0 spiro atoms. The molecule has 0 bridgehead atoms. The number of carbonyl (C=O) groups excluding carboxylic acids is 1. The molecular weight excluding hydrogens is 222 g/mol. The summed E-state index contributed by atoms with van der Waals surface area (Å²) < 4.78 is 5.08. The van der Waals surface area contributed by atoms with E-state index in [0.717, 1.165) is 12.8 Å². The van der Waals surface area contributed by atoms with E-state index in [0.29, 0.717) is 25.6 Å². The van der Waals surface area contributed by atoms with Gasteiger partial charge in [-0.05, 0) is 32.6 Å². The van der Waals surface area contributed by atoms with Gasteiger partial charge in [0.2, 0.25) is 5.91 Å². The molecule has 1 aliphatic heterocycles. The van der Waals surface area contributed by atoms with Crippen molar-refractivity contribution in [2.75, 3.05) is 26.8 Å². The second-order valence-corrected chi connectivity index (χ2v) is 5.12. The summed E-state index contributed by atoms with van der Waals surface area (Å²) in [6.07, 6.45) is 1.77. The smallest absolute Gasteiger partial charge is 0.318 e. The first-order valence-corrected chi connectivity index (χ1v) is 5.91. The first kappa shape index (κ1) is 14.0. The number of ether oxygens (including phenoxy) is 1. The van der Waals surface area contributed by atoms with E-state index in [9.17, 15) is 9.59 Å². The number of carbonyl (C=O) groups is 2.